The van der Waals surface area contributed by atoms with E-state index in [1.165, 1.54) is 0 Å². The largest absolute Gasteiger partial charge is 0.357 e. The third-order valence-electron chi connectivity index (χ3n) is 2.97. The maximum Gasteiger partial charge on any atom is 0.230 e. The van der Waals surface area contributed by atoms with Gasteiger partial charge >= 0.3 is 0 Å². The summed E-state index contributed by atoms with van der Waals surface area (Å²) in [5.74, 6) is -0.0657. The van der Waals surface area contributed by atoms with Crippen LogP contribution in [0, 0.1) is 6.92 Å². The molecule has 0 fully saturated rings. The molecule has 1 aromatic carbocycles. The molecule has 0 bridgehead atoms. The van der Waals surface area contributed by atoms with Crippen LogP contribution < -0.4 is 5.32 Å². The standard InChI is InChI=1S/C14H14N4O/c1-9-7-10-3-2-4-12(14(10)16-9)17-13(19)8-11-5-6-15-18-11/h2-7,16H,8H2,1H3,(H,15,18)(H,17,19). The van der Waals surface area contributed by atoms with Crippen LogP contribution in [-0.4, -0.2) is 21.1 Å². The first-order chi connectivity index (χ1) is 9.22. The molecule has 0 aliphatic heterocycles. The normalized spacial score (nSPS) is 10.8. The van der Waals surface area contributed by atoms with Gasteiger partial charge in [-0.25, -0.2) is 0 Å². The number of carbonyl (C=O) groups excluding carboxylic acids is 1. The molecule has 3 N–H and O–H groups in total. The van der Waals surface area contributed by atoms with Crippen molar-refractivity contribution in [2.24, 2.45) is 0 Å². The quantitative estimate of drug-likeness (QED) is 0.671. The van der Waals surface area contributed by atoms with E-state index in [1.807, 2.05) is 25.1 Å². The fraction of sp³-hybridized carbons (Fsp3) is 0.143. The van der Waals surface area contributed by atoms with Crippen molar-refractivity contribution in [3.63, 3.8) is 0 Å². The molecule has 0 atom stereocenters. The smallest absolute Gasteiger partial charge is 0.230 e. The molecular weight excluding hydrogens is 240 g/mol. The van der Waals surface area contributed by atoms with Gasteiger partial charge in [0.2, 0.25) is 5.91 Å². The first-order valence-electron chi connectivity index (χ1n) is 6.09. The van der Waals surface area contributed by atoms with E-state index < -0.39 is 0 Å². The van der Waals surface area contributed by atoms with Crippen LogP contribution in [0.5, 0.6) is 0 Å². The molecule has 0 saturated heterocycles. The van der Waals surface area contributed by atoms with Crippen molar-refractivity contribution < 1.29 is 4.79 Å². The molecule has 3 rings (SSSR count). The number of aromatic amines is 2. The third kappa shape index (κ3) is 2.35. The number of aromatic nitrogens is 3. The zero-order chi connectivity index (χ0) is 13.2. The summed E-state index contributed by atoms with van der Waals surface area (Å²) < 4.78 is 0. The highest BCUT2D eigenvalue weighted by Gasteiger charge is 2.08. The Morgan fingerprint density at radius 1 is 1.37 bits per heavy atom. The number of H-pyrrole nitrogens is 2. The average molecular weight is 254 g/mol. The summed E-state index contributed by atoms with van der Waals surface area (Å²) in [6, 6.07) is 9.69. The Kier molecular flexibility index (Phi) is 2.79. The zero-order valence-electron chi connectivity index (χ0n) is 10.5. The van der Waals surface area contributed by atoms with E-state index in [0.717, 1.165) is 28.0 Å². The van der Waals surface area contributed by atoms with E-state index in [2.05, 4.69) is 26.6 Å². The van der Waals surface area contributed by atoms with Crippen molar-refractivity contribution in [2.75, 3.05) is 5.32 Å². The molecule has 1 amide bonds. The van der Waals surface area contributed by atoms with Gasteiger partial charge in [0.25, 0.3) is 0 Å². The lowest BCUT2D eigenvalue weighted by molar-refractivity contribution is -0.115. The van der Waals surface area contributed by atoms with E-state index in [-0.39, 0.29) is 12.3 Å². The number of benzene rings is 1. The fourth-order valence-corrected chi connectivity index (χ4v) is 2.15. The van der Waals surface area contributed by atoms with Crippen molar-refractivity contribution in [3.8, 4) is 0 Å². The minimum Gasteiger partial charge on any atom is -0.357 e. The van der Waals surface area contributed by atoms with Gasteiger partial charge in [-0.05, 0) is 25.1 Å². The molecular formula is C14H14N4O. The molecule has 2 heterocycles. The molecule has 19 heavy (non-hydrogen) atoms. The summed E-state index contributed by atoms with van der Waals surface area (Å²) in [5, 5.41) is 10.6. The summed E-state index contributed by atoms with van der Waals surface area (Å²) in [4.78, 5) is 15.2. The molecule has 0 unspecified atom stereocenters. The number of hydrogen-bond acceptors (Lipinski definition) is 2. The summed E-state index contributed by atoms with van der Waals surface area (Å²) >= 11 is 0. The topological polar surface area (TPSA) is 73.6 Å². The Hall–Kier alpha value is -2.56. The number of fused-ring (bicyclic) bond motifs is 1. The second kappa shape index (κ2) is 4.61. The van der Waals surface area contributed by atoms with Gasteiger partial charge in [0.1, 0.15) is 0 Å². The van der Waals surface area contributed by atoms with Crippen LogP contribution in [0.15, 0.2) is 36.5 Å². The second-order valence-corrected chi connectivity index (χ2v) is 4.53. The SMILES string of the molecule is Cc1cc2cccc(NC(=O)Cc3ccn[nH]3)c2[nH]1. The maximum absolute atomic E-state index is 12.0. The van der Waals surface area contributed by atoms with E-state index in [4.69, 9.17) is 0 Å². The predicted octanol–water partition coefficient (Wildman–Crippen LogP) is 2.38. The van der Waals surface area contributed by atoms with Crippen molar-refractivity contribution in [2.45, 2.75) is 13.3 Å². The molecule has 0 spiro atoms. The van der Waals surface area contributed by atoms with Crippen molar-refractivity contribution in [1.82, 2.24) is 15.2 Å². The highest BCUT2D eigenvalue weighted by Crippen LogP contribution is 2.23. The number of nitrogens with one attached hydrogen (secondary N) is 3. The molecule has 5 nitrogen and oxygen atoms in total. The zero-order valence-corrected chi connectivity index (χ0v) is 10.5. The van der Waals surface area contributed by atoms with Gasteiger partial charge in [0, 0.05) is 23.0 Å². The van der Waals surface area contributed by atoms with Gasteiger partial charge in [-0.3, -0.25) is 9.89 Å². The Labute approximate surface area is 110 Å². The number of aryl methyl sites for hydroxylation is 1. The number of para-hydroxylation sites is 1. The van der Waals surface area contributed by atoms with E-state index in [9.17, 15) is 4.79 Å². The Morgan fingerprint density at radius 2 is 2.26 bits per heavy atom. The Bertz CT molecular complexity index is 712. The van der Waals surface area contributed by atoms with Crippen LogP contribution in [0.3, 0.4) is 0 Å². The van der Waals surface area contributed by atoms with Crippen LogP contribution in [-0.2, 0) is 11.2 Å². The summed E-state index contributed by atoms with van der Waals surface area (Å²) in [5.41, 5.74) is 3.63. The Morgan fingerprint density at radius 3 is 3.05 bits per heavy atom. The van der Waals surface area contributed by atoms with Gasteiger partial charge in [-0.15, -0.1) is 0 Å². The fourth-order valence-electron chi connectivity index (χ4n) is 2.15. The van der Waals surface area contributed by atoms with Gasteiger partial charge in [0.15, 0.2) is 0 Å². The van der Waals surface area contributed by atoms with Crippen LogP contribution in [0.2, 0.25) is 0 Å². The number of amides is 1. The van der Waals surface area contributed by atoms with Gasteiger partial charge < -0.3 is 10.3 Å². The molecule has 96 valence electrons. The van der Waals surface area contributed by atoms with Crippen molar-refractivity contribution >= 4 is 22.5 Å². The van der Waals surface area contributed by atoms with E-state index >= 15 is 0 Å². The van der Waals surface area contributed by atoms with E-state index in [1.54, 1.807) is 12.3 Å². The van der Waals surface area contributed by atoms with Crippen molar-refractivity contribution in [3.05, 3.63) is 47.9 Å². The lowest BCUT2D eigenvalue weighted by atomic mass is 10.2. The molecule has 0 aliphatic carbocycles. The van der Waals surface area contributed by atoms with Crippen LogP contribution in [0.1, 0.15) is 11.4 Å². The highest BCUT2D eigenvalue weighted by atomic mass is 16.1. The van der Waals surface area contributed by atoms with E-state index in [0.29, 0.717) is 0 Å². The number of carbonyl (C=O) groups is 1. The number of rotatable bonds is 3. The number of anilines is 1. The first-order valence-corrected chi connectivity index (χ1v) is 6.09. The first kappa shape index (κ1) is 11.5. The van der Waals surface area contributed by atoms with Gasteiger partial charge in [0.05, 0.1) is 17.6 Å². The minimum atomic E-state index is -0.0657. The summed E-state index contributed by atoms with van der Waals surface area (Å²) in [7, 11) is 0. The molecule has 5 heteroatoms. The van der Waals surface area contributed by atoms with Crippen LogP contribution in [0.25, 0.3) is 10.9 Å². The van der Waals surface area contributed by atoms with Gasteiger partial charge in [-0.2, -0.15) is 5.10 Å². The molecule has 2 aromatic heterocycles. The monoisotopic (exact) mass is 254 g/mol. The average Bonchev–Trinajstić information content (AvgIpc) is 2.97. The van der Waals surface area contributed by atoms with Gasteiger partial charge in [-0.1, -0.05) is 12.1 Å². The summed E-state index contributed by atoms with van der Waals surface area (Å²) in [6.45, 7) is 2.00. The lowest BCUT2D eigenvalue weighted by Gasteiger charge is -2.05. The molecule has 0 aliphatic rings. The summed E-state index contributed by atoms with van der Waals surface area (Å²) in [6.07, 6.45) is 1.92. The number of hydrogen-bond donors (Lipinski definition) is 3. The van der Waals surface area contributed by atoms with Crippen molar-refractivity contribution in [1.29, 1.82) is 0 Å². The lowest BCUT2D eigenvalue weighted by Crippen LogP contribution is -2.14. The molecule has 3 aromatic rings. The predicted molar refractivity (Wildman–Crippen MR) is 74.0 cm³/mol. The maximum atomic E-state index is 12.0. The second-order valence-electron chi connectivity index (χ2n) is 4.53. The highest BCUT2D eigenvalue weighted by molar-refractivity contribution is 6.01. The third-order valence-corrected chi connectivity index (χ3v) is 2.97. The van der Waals surface area contributed by atoms with Crippen LogP contribution in [0.4, 0.5) is 5.69 Å². The number of nitrogens with zero attached hydrogens (tertiary/aromatic N) is 1. The molecule has 0 saturated carbocycles. The van der Waals surface area contributed by atoms with Crippen LogP contribution >= 0.6 is 0 Å². The Balaban J connectivity index is 1.83. The molecule has 0 radical (unpaired) electrons. The minimum absolute atomic E-state index is 0.0657.